The van der Waals surface area contributed by atoms with Gasteiger partial charge in [-0.2, -0.15) is 0 Å². The number of nitrogens with zero attached hydrogens (tertiary/aromatic N) is 2. The molecule has 0 unspecified atom stereocenters. The number of nitrogens with one attached hydrogen (secondary N) is 2. The molecule has 0 aromatic heterocycles. The summed E-state index contributed by atoms with van der Waals surface area (Å²) in [7, 11) is 0. The number of guanidine groups is 1. The Labute approximate surface area is 257 Å². The second kappa shape index (κ2) is 15.0. The van der Waals surface area contributed by atoms with Crippen molar-refractivity contribution in [1.82, 2.24) is 10.2 Å². The van der Waals surface area contributed by atoms with Gasteiger partial charge in [-0.15, -0.1) is 0 Å². The van der Waals surface area contributed by atoms with Gasteiger partial charge in [-0.05, 0) is 61.1 Å². The third-order valence-corrected chi connectivity index (χ3v) is 7.89. The van der Waals surface area contributed by atoms with Crippen molar-refractivity contribution in [3.8, 4) is 0 Å². The highest BCUT2D eigenvalue weighted by atomic mass is 16.2. The van der Waals surface area contributed by atoms with Crippen molar-refractivity contribution >= 4 is 35.2 Å². The van der Waals surface area contributed by atoms with Crippen LogP contribution >= 0.6 is 0 Å². The molecule has 0 aliphatic carbocycles. The number of ketones is 1. The number of carbonyl (C=O) groups is 4. The van der Waals surface area contributed by atoms with Gasteiger partial charge in [0, 0.05) is 43.6 Å². The highest BCUT2D eigenvalue weighted by molar-refractivity contribution is 6.00. The molecule has 10 heteroatoms. The number of aryl methyl sites for hydroxylation is 2. The lowest BCUT2D eigenvalue weighted by Gasteiger charge is -2.37. The van der Waals surface area contributed by atoms with Gasteiger partial charge in [-0.25, -0.2) is 0 Å². The zero-order valence-electron chi connectivity index (χ0n) is 25.2. The summed E-state index contributed by atoms with van der Waals surface area (Å²) in [5, 5.41) is 5.81. The van der Waals surface area contributed by atoms with Gasteiger partial charge in [0.2, 0.25) is 17.7 Å². The zero-order chi connectivity index (χ0) is 31.6. The van der Waals surface area contributed by atoms with Crippen LogP contribution in [0.25, 0.3) is 0 Å². The van der Waals surface area contributed by atoms with E-state index in [4.69, 9.17) is 11.5 Å². The van der Waals surface area contributed by atoms with Crippen molar-refractivity contribution in [3.63, 3.8) is 0 Å². The lowest BCUT2D eigenvalue weighted by molar-refractivity contribution is -0.142. The average molecular weight is 597 g/mol. The summed E-state index contributed by atoms with van der Waals surface area (Å²) >= 11 is 0. The van der Waals surface area contributed by atoms with E-state index >= 15 is 0 Å². The van der Waals surface area contributed by atoms with E-state index in [9.17, 15) is 19.2 Å². The number of hydrogen-bond donors (Lipinski definition) is 4. The molecule has 1 heterocycles. The van der Waals surface area contributed by atoms with Gasteiger partial charge in [0.1, 0.15) is 12.1 Å². The first-order valence-electron chi connectivity index (χ1n) is 14.8. The van der Waals surface area contributed by atoms with Crippen molar-refractivity contribution in [3.05, 3.63) is 101 Å². The minimum atomic E-state index is -0.896. The van der Waals surface area contributed by atoms with Crippen LogP contribution in [0.3, 0.4) is 0 Å². The standard InChI is InChI=1S/C34H40N6O4/c1-22-14-15-27(19-23(22)2)38-32(43)28(13-8-18-37-34(35)36)39-33(44)29-20-25-11-6-7-12-26(25)21-40(29)31(42)17-16-30(41)24-9-4-3-5-10-24/h3-7,9-12,14-15,19,28-29H,8,13,16-18,20-21H2,1-2H3,(H,38,43)(H,39,44)(H4,35,36,37)/t28-,29-/m0/s1. The van der Waals surface area contributed by atoms with Gasteiger partial charge in [0.25, 0.3) is 0 Å². The quantitative estimate of drug-likeness (QED) is 0.109. The van der Waals surface area contributed by atoms with Crippen LogP contribution in [0.5, 0.6) is 0 Å². The van der Waals surface area contributed by atoms with Gasteiger partial charge in [0.15, 0.2) is 11.7 Å². The van der Waals surface area contributed by atoms with Gasteiger partial charge >= 0.3 is 0 Å². The van der Waals surface area contributed by atoms with Gasteiger partial charge in [-0.1, -0.05) is 60.7 Å². The molecule has 3 aromatic rings. The van der Waals surface area contributed by atoms with Crippen LogP contribution in [0.1, 0.15) is 58.3 Å². The largest absolute Gasteiger partial charge is 0.370 e. The van der Waals surface area contributed by atoms with Crippen LogP contribution in [-0.4, -0.2) is 53.0 Å². The molecule has 0 bridgehead atoms. The topological polar surface area (TPSA) is 160 Å². The number of anilines is 1. The van der Waals surface area contributed by atoms with Gasteiger partial charge in [0.05, 0.1) is 0 Å². The summed E-state index contributed by atoms with van der Waals surface area (Å²) in [5.41, 5.74) is 16.1. The number of aliphatic imine (C=N–C) groups is 1. The molecule has 10 nitrogen and oxygen atoms in total. The molecule has 0 saturated heterocycles. The van der Waals surface area contributed by atoms with Crippen molar-refractivity contribution < 1.29 is 19.2 Å². The summed E-state index contributed by atoms with van der Waals surface area (Å²) in [6.07, 6.45) is 1.01. The molecule has 6 N–H and O–H groups in total. The molecular weight excluding hydrogens is 556 g/mol. The van der Waals surface area contributed by atoms with E-state index in [1.165, 1.54) is 4.90 Å². The second-order valence-electron chi connectivity index (χ2n) is 11.1. The Morgan fingerprint density at radius 1 is 0.909 bits per heavy atom. The maximum atomic E-state index is 13.9. The normalized spacial score (nSPS) is 14.6. The molecule has 44 heavy (non-hydrogen) atoms. The molecule has 3 amide bonds. The maximum Gasteiger partial charge on any atom is 0.246 e. The van der Waals surface area contributed by atoms with E-state index in [0.29, 0.717) is 30.6 Å². The maximum absolute atomic E-state index is 13.9. The van der Waals surface area contributed by atoms with Crippen LogP contribution in [-0.2, 0) is 27.3 Å². The van der Waals surface area contributed by atoms with Crippen LogP contribution < -0.4 is 22.1 Å². The zero-order valence-corrected chi connectivity index (χ0v) is 25.2. The number of fused-ring (bicyclic) bond motifs is 1. The number of carbonyl (C=O) groups excluding carboxylic acids is 4. The fraction of sp³-hybridized carbons (Fsp3) is 0.324. The minimum Gasteiger partial charge on any atom is -0.370 e. The van der Waals surface area contributed by atoms with Crippen molar-refractivity contribution in [2.45, 2.75) is 64.6 Å². The number of amides is 3. The monoisotopic (exact) mass is 596 g/mol. The minimum absolute atomic E-state index is 0.0289. The molecule has 0 spiro atoms. The Kier molecular flexibility index (Phi) is 10.9. The SMILES string of the molecule is Cc1ccc(NC(=O)[C@H](CCCN=C(N)N)NC(=O)[C@@H]2Cc3ccccc3CN2C(=O)CCC(=O)c2ccccc2)cc1C. The average Bonchev–Trinajstić information content (AvgIpc) is 3.02. The highest BCUT2D eigenvalue weighted by Crippen LogP contribution is 2.25. The molecule has 3 aromatic carbocycles. The summed E-state index contributed by atoms with van der Waals surface area (Å²) in [6.45, 7) is 4.47. The molecule has 1 aliphatic rings. The lowest BCUT2D eigenvalue weighted by Crippen LogP contribution is -2.56. The van der Waals surface area contributed by atoms with Gasteiger partial charge in [-0.3, -0.25) is 24.2 Å². The number of nitrogens with two attached hydrogens (primary N) is 2. The number of rotatable bonds is 12. The molecule has 230 valence electrons. The van der Waals surface area contributed by atoms with Crippen molar-refractivity contribution in [2.24, 2.45) is 16.5 Å². The first kappa shape index (κ1) is 31.9. The second-order valence-corrected chi connectivity index (χ2v) is 11.1. The van der Waals surface area contributed by atoms with E-state index < -0.39 is 18.0 Å². The number of Topliss-reactive ketones (excluding diaryl/α,β-unsaturated/α-hetero) is 1. The molecular formula is C34H40N6O4. The van der Waals surface area contributed by atoms with Crippen LogP contribution in [0.4, 0.5) is 5.69 Å². The fourth-order valence-corrected chi connectivity index (χ4v) is 5.24. The summed E-state index contributed by atoms with van der Waals surface area (Å²) in [6, 6.07) is 20.3. The van der Waals surface area contributed by atoms with Crippen LogP contribution in [0.2, 0.25) is 0 Å². The van der Waals surface area contributed by atoms with E-state index in [1.807, 2.05) is 62.4 Å². The Balaban J connectivity index is 1.51. The van der Waals surface area contributed by atoms with E-state index in [1.54, 1.807) is 24.3 Å². The molecule has 0 saturated carbocycles. The van der Waals surface area contributed by atoms with Crippen molar-refractivity contribution in [1.29, 1.82) is 0 Å². The number of hydrogen-bond acceptors (Lipinski definition) is 5. The first-order valence-corrected chi connectivity index (χ1v) is 14.8. The van der Waals surface area contributed by atoms with Crippen LogP contribution in [0.15, 0.2) is 77.8 Å². The van der Waals surface area contributed by atoms with Gasteiger partial charge < -0.3 is 27.0 Å². The predicted octanol–water partition coefficient (Wildman–Crippen LogP) is 3.40. The molecule has 0 fully saturated rings. The van der Waals surface area contributed by atoms with E-state index in [2.05, 4.69) is 15.6 Å². The number of benzene rings is 3. The third-order valence-electron chi connectivity index (χ3n) is 7.89. The lowest BCUT2D eigenvalue weighted by atomic mass is 9.92. The summed E-state index contributed by atoms with van der Waals surface area (Å²) in [5.74, 6) is -1.31. The van der Waals surface area contributed by atoms with Crippen LogP contribution in [0, 0.1) is 13.8 Å². The Bertz CT molecular complexity index is 1530. The Morgan fingerprint density at radius 2 is 1.61 bits per heavy atom. The third kappa shape index (κ3) is 8.53. The Hall–Kier alpha value is -4.99. The van der Waals surface area contributed by atoms with E-state index in [0.717, 1.165) is 22.3 Å². The summed E-state index contributed by atoms with van der Waals surface area (Å²) in [4.78, 5) is 59.1. The molecule has 2 atom stereocenters. The smallest absolute Gasteiger partial charge is 0.246 e. The van der Waals surface area contributed by atoms with E-state index in [-0.39, 0.29) is 49.4 Å². The Morgan fingerprint density at radius 3 is 2.32 bits per heavy atom. The molecule has 0 radical (unpaired) electrons. The first-order chi connectivity index (χ1) is 21.1. The van der Waals surface area contributed by atoms with Crippen molar-refractivity contribution in [2.75, 3.05) is 11.9 Å². The fourth-order valence-electron chi connectivity index (χ4n) is 5.24. The molecule has 1 aliphatic heterocycles. The predicted molar refractivity (Wildman–Crippen MR) is 171 cm³/mol. The highest BCUT2D eigenvalue weighted by Gasteiger charge is 2.36. The molecule has 4 rings (SSSR count). The summed E-state index contributed by atoms with van der Waals surface area (Å²) < 4.78 is 0.